The first-order chi connectivity index (χ1) is 8.66. The first-order valence-corrected chi connectivity index (χ1v) is 6.11. The monoisotopic (exact) mass is 263 g/mol. The van der Waals surface area contributed by atoms with Crippen LogP contribution in [-0.2, 0) is 6.42 Å². The summed E-state index contributed by atoms with van der Waals surface area (Å²) >= 11 is 5.72. The Hall–Kier alpha value is -1.74. The van der Waals surface area contributed by atoms with Crippen LogP contribution in [-0.4, -0.2) is 12.5 Å². The van der Waals surface area contributed by atoms with Gasteiger partial charge in [-0.15, -0.1) is 0 Å². The lowest BCUT2D eigenvalue weighted by atomic mass is 10.1. The van der Waals surface area contributed by atoms with Gasteiger partial charge in [0, 0.05) is 6.54 Å². The number of hydrogen-bond donors (Lipinski definition) is 1. The molecule has 0 unspecified atom stereocenters. The van der Waals surface area contributed by atoms with Crippen molar-refractivity contribution in [3.8, 4) is 0 Å². The van der Waals surface area contributed by atoms with Crippen LogP contribution in [0.15, 0.2) is 41.0 Å². The second-order valence-electron chi connectivity index (χ2n) is 4.10. The van der Waals surface area contributed by atoms with Gasteiger partial charge >= 0.3 is 0 Å². The topological polar surface area (TPSA) is 42.2 Å². The molecule has 1 aromatic heterocycles. The van der Waals surface area contributed by atoms with E-state index < -0.39 is 0 Å². The van der Waals surface area contributed by atoms with Crippen LogP contribution < -0.4 is 5.32 Å². The zero-order valence-electron chi connectivity index (χ0n) is 10.1. The molecule has 1 aromatic carbocycles. The number of rotatable bonds is 4. The third-order valence-electron chi connectivity index (χ3n) is 2.64. The van der Waals surface area contributed by atoms with E-state index in [1.54, 1.807) is 6.07 Å². The van der Waals surface area contributed by atoms with Crippen LogP contribution in [0.4, 0.5) is 0 Å². The van der Waals surface area contributed by atoms with Crippen molar-refractivity contribution in [2.75, 3.05) is 6.54 Å². The number of aryl methyl sites for hydroxylation is 1. The van der Waals surface area contributed by atoms with Gasteiger partial charge in [-0.25, -0.2) is 0 Å². The summed E-state index contributed by atoms with van der Waals surface area (Å²) in [5, 5.41) is 2.94. The molecule has 0 aliphatic carbocycles. The fraction of sp³-hybridized carbons (Fsp3) is 0.214. The molecule has 18 heavy (non-hydrogen) atoms. The summed E-state index contributed by atoms with van der Waals surface area (Å²) in [6.45, 7) is 2.62. The highest BCUT2D eigenvalue weighted by molar-refractivity contribution is 6.32. The number of amides is 1. The maximum Gasteiger partial charge on any atom is 0.256 e. The zero-order chi connectivity index (χ0) is 13.0. The van der Waals surface area contributed by atoms with E-state index in [-0.39, 0.29) is 11.1 Å². The molecule has 0 aliphatic rings. The van der Waals surface area contributed by atoms with Gasteiger partial charge in [-0.05, 0) is 36.6 Å². The van der Waals surface area contributed by atoms with Crippen molar-refractivity contribution < 1.29 is 9.21 Å². The molecule has 94 valence electrons. The molecule has 0 saturated carbocycles. The molecule has 1 N–H and O–H groups in total. The number of carbonyl (C=O) groups excluding carboxylic acids is 1. The SMILES string of the molecule is Cc1cccc(CCNC(=O)c2ccoc2Cl)c1. The van der Waals surface area contributed by atoms with Gasteiger partial charge in [-0.1, -0.05) is 29.8 Å². The van der Waals surface area contributed by atoms with E-state index in [9.17, 15) is 4.79 Å². The van der Waals surface area contributed by atoms with Crippen LogP contribution in [0.25, 0.3) is 0 Å². The lowest BCUT2D eigenvalue weighted by Crippen LogP contribution is -2.25. The molecule has 4 heteroatoms. The quantitative estimate of drug-likeness (QED) is 0.920. The molecule has 0 bridgehead atoms. The lowest BCUT2D eigenvalue weighted by molar-refractivity contribution is 0.0953. The minimum atomic E-state index is -0.207. The van der Waals surface area contributed by atoms with E-state index in [1.807, 2.05) is 25.1 Å². The van der Waals surface area contributed by atoms with E-state index in [0.29, 0.717) is 12.1 Å². The van der Waals surface area contributed by atoms with E-state index in [4.69, 9.17) is 16.0 Å². The Kier molecular flexibility index (Phi) is 4.05. The van der Waals surface area contributed by atoms with Gasteiger partial charge < -0.3 is 9.73 Å². The molecular weight excluding hydrogens is 250 g/mol. The van der Waals surface area contributed by atoms with Gasteiger partial charge in [0.05, 0.1) is 11.8 Å². The van der Waals surface area contributed by atoms with E-state index in [0.717, 1.165) is 6.42 Å². The predicted octanol–water partition coefficient (Wildman–Crippen LogP) is 3.21. The lowest BCUT2D eigenvalue weighted by Gasteiger charge is -2.05. The summed E-state index contributed by atoms with van der Waals surface area (Å²) in [6.07, 6.45) is 2.20. The summed E-state index contributed by atoms with van der Waals surface area (Å²) in [6, 6.07) is 9.78. The molecule has 0 saturated heterocycles. The third kappa shape index (κ3) is 3.14. The van der Waals surface area contributed by atoms with Gasteiger partial charge in [-0.2, -0.15) is 0 Å². The average molecular weight is 264 g/mol. The Bertz CT molecular complexity index is 548. The van der Waals surface area contributed by atoms with Crippen LogP contribution in [0.2, 0.25) is 5.22 Å². The highest BCUT2D eigenvalue weighted by Crippen LogP contribution is 2.16. The van der Waals surface area contributed by atoms with Crippen LogP contribution in [0.3, 0.4) is 0 Å². The van der Waals surface area contributed by atoms with Gasteiger partial charge in [-0.3, -0.25) is 4.79 Å². The first kappa shape index (κ1) is 12.7. The van der Waals surface area contributed by atoms with Crippen molar-refractivity contribution in [3.63, 3.8) is 0 Å². The van der Waals surface area contributed by atoms with Crippen LogP contribution in [0.1, 0.15) is 21.5 Å². The minimum Gasteiger partial charge on any atom is -0.452 e. The Labute approximate surface area is 111 Å². The second-order valence-corrected chi connectivity index (χ2v) is 4.45. The number of benzene rings is 1. The van der Waals surface area contributed by atoms with Gasteiger partial charge in [0.2, 0.25) is 5.22 Å². The average Bonchev–Trinajstić information content (AvgIpc) is 2.75. The highest BCUT2D eigenvalue weighted by atomic mass is 35.5. The Morgan fingerprint density at radius 1 is 1.39 bits per heavy atom. The summed E-state index contributed by atoms with van der Waals surface area (Å²) in [7, 11) is 0. The molecule has 0 radical (unpaired) electrons. The molecule has 2 aromatic rings. The summed E-state index contributed by atoms with van der Waals surface area (Å²) < 4.78 is 4.87. The van der Waals surface area contributed by atoms with Crippen molar-refractivity contribution in [1.82, 2.24) is 5.32 Å². The van der Waals surface area contributed by atoms with Crippen molar-refractivity contribution in [3.05, 3.63) is 58.5 Å². The normalized spacial score (nSPS) is 10.3. The predicted molar refractivity (Wildman–Crippen MR) is 70.9 cm³/mol. The van der Waals surface area contributed by atoms with Crippen LogP contribution in [0.5, 0.6) is 0 Å². The Morgan fingerprint density at radius 2 is 2.22 bits per heavy atom. The molecule has 0 aliphatic heterocycles. The number of carbonyl (C=O) groups is 1. The number of nitrogens with one attached hydrogen (secondary N) is 1. The minimum absolute atomic E-state index is 0.128. The maximum absolute atomic E-state index is 11.7. The standard InChI is InChI=1S/C14H14ClNO2/c1-10-3-2-4-11(9-10)5-7-16-14(17)12-6-8-18-13(12)15/h2-4,6,8-9H,5,7H2,1H3,(H,16,17). The van der Waals surface area contributed by atoms with Crippen LogP contribution >= 0.6 is 11.6 Å². The van der Waals surface area contributed by atoms with E-state index in [1.165, 1.54) is 17.4 Å². The second kappa shape index (κ2) is 5.74. The maximum atomic E-state index is 11.7. The third-order valence-corrected chi connectivity index (χ3v) is 2.94. The van der Waals surface area contributed by atoms with E-state index >= 15 is 0 Å². The summed E-state index contributed by atoms with van der Waals surface area (Å²) in [5.41, 5.74) is 2.80. The summed E-state index contributed by atoms with van der Waals surface area (Å²) in [5.74, 6) is -0.207. The molecule has 0 fully saturated rings. The van der Waals surface area contributed by atoms with Crippen molar-refractivity contribution in [2.45, 2.75) is 13.3 Å². The Balaban J connectivity index is 1.86. The molecule has 1 amide bonds. The number of halogens is 1. The van der Waals surface area contributed by atoms with Crippen molar-refractivity contribution in [2.24, 2.45) is 0 Å². The van der Waals surface area contributed by atoms with Gasteiger partial charge in [0.15, 0.2) is 0 Å². The number of furan rings is 1. The number of hydrogen-bond acceptors (Lipinski definition) is 2. The largest absolute Gasteiger partial charge is 0.452 e. The molecular formula is C14H14ClNO2. The Morgan fingerprint density at radius 3 is 2.89 bits per heavy atom. The van der Waals surface area contributed by atoms with Gasteiger partial charge in [0.25, 0.3) is 5.91 Å². The van der Waals surface area contributed by atoms with Crippen molar-refractivity contribution >= 4 is 17.5 Å². The smallest absolute Gasteiger partial charge is 0.256 e. The molecule has 2 rings (SSSR count). The fourth-order valence-corrected chi connectivity index (χ4v) is 1.94. The zero-order valence-corrected chi connectivity index (χ0v) is 10.8. The molecule has 3 nitrogen and oxygen atoms in total. The fourth-order valence-electron chi connectivity index (χ4n) is 1.74. The molecule has 1 heterocycles. The van der Waals surface area contributed by atoms with E-state index in [2.05, 4.69) is 11.4 Å². The summed E-state index contributed by atoms with van der Waals surface area (Å²) in [4.78, 5) is 11.7. The highest BCUT2D eigenvalue weighted by Gasteiger charge is 2.11. The van der Waals surface area contributed by atoms with Gasteiger partial charge in [0.1, 0.15) is 0 Å². The molecule has 0 spiro atoms. The first-order valence-electron chi connectivity index (χ1n) is 5.73. The van der Waals surface area contributed by atoms with Crippen molar-refractivity contribution in [1.29, 1.82) is 0 Å². The van der Waals surface area contributed by atoms with Crippen LogP contribution in [0, 0.1) is 6.92 Å². The molecule has 0 atom stereocenters.